The van der Waals surface area contributed by atoms with Gasteiger partial charge in [0, 0.05) is 0 Å². The molecule has 1 aromatic carbocycles. The summed E-state index contributed by atoms with van der Waals surface area (Å²) in [5, 5.41) is 20.2. The number of cyclic esters (lactones) is 1. The summed E-state index contributed by atoms with van der Waals surface area (Å²) in [6.45, 7) is 1.11. The first kappa shape index (κ1) is 11.1. The average Bonchev–Trinajstić information content (AvgIpc) is 2.64. The van der Waals surface area contributed by atoms with Gasteiger partial charge in [-0.15, -0.1) is 0 Å². The van der Waals surface area contributed by atoms with Crippen LogP contribution in [-0.4, -0.2) is 28.0 Å². The van der Waals surface area contributed by atoms with Crippen LogP contribution in [0, 0.1) is 0 Å². The van der Waals surface area contributed by atoms with Crippen molar-refractivity contribution >= 4 is 5.97 Å². The van der Waals surface area contributed by atoms with E-state index in [0.29, 0.717) is 10.7 Å². The molecule has 0 saturated carbocycles. The van der Waals surface area contributed by atoms with Crippen LogP contribution in [0.1, 0.15) is 6.92 Å². The molecule has 1 atom stereocenters. The van der Waals surface area contributed by atoms with Gasteiger partial charge in [0.15, 0.2) is 11.8 Å². The number of hydrogen-bond donors (Lipinski definition) is 2. The van der Waals surface area contributed by atoms with Crippen molar-refractivity contribution in [3.8, 4) is 0 Å². The Hall–Kier alpha value is -2.05. The molecular formula is C12H10N2O4. The second-order valence-corrected chi connectivity index (χ2v) is 4.29. The quantitative estimate of drug-likeness (QED) is 0.480. The minimum atomic E-state index is -2.24. The molecule has 92 valence electrons. The number of esters is 1. The van der Waals surface area contributed by atoms with Crippen molar-refractivity contribution in [2.45, 2.75) is 18.8 Å². The molecule has 1 aromatic rings. The molecule has 0 spiro atoms. The standard InChI is InChI=1S/C12H10N2O4/c1-12(16,17)10-8-9(11(15)18-10)14-7-5-3-2-4-6(7)13-8/h2-5,9,16-17H,1H3. The Balaban J connectivity index is 2.29. The van der Waals surface area contributed by atoms with Gasteiger partial charge >= 0.3 is 5.97 Å². The average molecular weight is 246 g/mol. The molecule has 2 aliphatic heterocycles. The maximum absolute atomic E-state index is 11.6. The summed E-state index contributed by atoms with van der Waals surface area (Å²) in [5.74, 6) is -3.14. The van der Waals surface area contributed by atoms with Gasteiger partial charge < -0.3 is 14.9 Å². The Labute approximate surface area is 102 Å². The lowest BCUT2D eigenvalue weighted by Crippen LogP contribution is -2.34. The normalized spacial score (nSPS) is 21.7. The van der Waals surface area contributed by atoms with Gasteiger partial charge in [-0.1, -0.05) is 12.1 Å². The van der Waals surface area contributed by atoms with E-state index in [2.05, 4.69) is 9.98 Å². The molecule has 3 rings (SSSR count). The SMILES string of the molecule is CC(O)(O)C1=C2N=c3ccccc3=NC2C(=O)O1. The molecule has 6 nitrogen and oxygen atoms in total. The lowest BCUT2D eigenvalue weighted by Gasteiger charge is -2.16. The van der Waals surface area contributed by atoms with Gasteiger partial charge in [0.2, 0.25) is 5.79 Å². The Morgan fingerprint density at radius 2 is 1.94 bits per heavy atom. The van der Waals surface area contributed by atoms with Crippen molar-refractivity contribution in [2.75, 3.05) is 0 Å². The predicted molar refractivity (Wildman–Crippen MR) is 58.5 cm³/mol. The fourth-order valence-electron chi connectivity index (χ4n) is 1.95. The number of carbonyl (C=O) groups is 1. The van der Waals surface area contributed by atoms with Crippen molar-refractivity contribution in [3.63, 3.8) is 0 Å². The van der Waals surface area contributed by atoms with Crippen LogP contribution in [0.5, 0.6) is 0 Å². The Kier molecular flexibility index (Phi) is 2.13. The highest BCUT2D eigenvalue weighted by molar-refractivity contribution is 5.84. The molecule has 2 heterocycles. The van der Waals surface area contributed by atoms with Crippen molar-refractivity contribution in [2.24, 2.45) is 9.98 Å². The summed E-state index contributed by atoms with van der Waals surface area (Å²) in [6, 6.07) is 6.13. The molecule has 0 aliphatic carbocycles. The zero-order chi connectivity index (χ0) is 12.9. The molecule has 2 aliphatic rings. The van der Waals surface area contributed by atoms with Crippen LogP contribution in [-0.2, 0) is 9.53 Å². The summed E-state index contributed by atoms with van der Waals surface area (Å²) in [5.41, 5.74) is 0.159. The molecule has 6 heteroatoms. The van der Waals surface area contributed by atoms with Gasteiger partial charge in [-0.05, 0) is 19.1 Å². The topological polar surface area (TPSA) is 91.5 Å². The van der Waals surface area contributed by atoms with E-state index in [4.69, 9.17) is 4.74 Å². The Morgan fingerprint density at radius 3 is 2.61 bits per heavy atom. The van der Waals surface area contributed by atoms with E-state index in [1.165, 1.54) is 0 Å². The highest BCUT2D eigenvalue weighted by atomic mass is 16.6. The lowest BCUT2D eigenvalue weighted by atomic mass is 10.1. The number of hydrogen-bond acceptors (Lipinski definition) is 6. The molecule has 0 radical (unpaired) electrons. The fraction of sp³-hybridized carbons (Fsp3) is 0.250. The van der Waals surface area contributed by atoms with Crippen molar-refractivity contribution in [1.29, 1.82) is 0 Å². The van der Waals surface area contributed by atoms with Crippen molar-refractivity contribution in [1.82, 2.24) is 0 Å². The number of benzene rings is 1. The zero-order valence-electron chi connectivity index (χ0n) is 9.49. The summed E-state index contributed by atoms with van der Waals surface area (Å²) < 4.78 is 4.86. The van der Waals surface area contributed by atoms with Crippen LogP contribution in [0.15, 0.2) is 45.7 Å². The molecule has 0 saturated heterocycles. The van der Waals surface area contributed by atoms with E-state index < -0.39 is 17.8 Å². The van der Waals surface area contributed by atoms with Gasteiger partial charge in [0.1, 0.15) is 5.70 Å². The Morgan fingerprint density at radius 1 is 1.28 bits per heavy atom. The minimum absolute atomic E-state index is 0.159. The maximum atomic E-state index is 11.6. The van der Waals surface area contributed by atoms with E-state index in [1.807, 2.05) is 0 Å². The summed E-state index contributed by atoms with van der Waals surface area (Å²) in [4.78, 5) is 20.1. The van der Waals surface area contributed by atoms with Gasteiger partial charge in [-0.25, -0.2) is 9.79 Å². The highest BCUT2D eigenvalue weighted by Crippen LogP contribution is 2.31. The molecule has 1 unspecified atom stereocenters. The fourth-order valence-corrected chi connectivity index (χ4v) is 1.95. The third kappa shape index (κ3) is 1.54. The highest BCUT2D eigenvalue weighted by Gasteiger charge is 2.43. The number of ether oxygens (including phenoxy) is 1. The van der Waals surface area contributed by atoms with E-state index in [-0.39, 0.29) is 11.5 Å². The monoisotopic (exact) mass is 246 g/mol. The smallest absolute Gasteiger partial charge is 0.342 e. The van der Waals surface area contributed by atoms with Gasteiger partial charge in [-0.2, -0.15) is 0 Å². The van der Waals surface area contributed by atoms with E-state index in [1.54, 1.807) is 24.3 Å². The molecule has 0 amide bonds. The van der Waals surface area contributed by atoms with Gasteiger partial charge in [0.05, 0.1) is 10.7 Å². The molecule has 0 aromatic heterocycles. The maximum Gasteiger partial charge on any atom is 0.342 e. The number of para-hydroxylation sites is 2. The second-order valence-electron chi connectivity index (χ2n) is 4.29. The first-order chi connectivity index (χ1) is 8.47. The van der Waals surface area contributed by atoms with Crippen molar-refractivity contribution in [3.05, 3.63) is 46.4 Å². The van der Waals surface area contributed by atoms with Crippen LogP contribution in [0.3, 0.4) is 0 Å². The van der Waals surface area contributed by atoms with Crippen LogP contribution in [0.25, 0.3) is 0 Å². The zero-order valence-corrected chi connectivity index (χ0v) is 9.49. The summed E-state index contributed by atoms with van der Waals surface area (Å²) in [6.07, 6.45) is 0. The van der Waals surface area contributed by atoms with Crippen LogP contribution in [0.4, 0.5) is 0 Å². The molecule has 2 N–H and O–H groups in total. The molecule has 18 heavy (non-hydrogen) atoms. The molecule has 0 bridgehead atoms. The number of nitrogens with zero attached hydrogens (tertiary/aromatic N) is 2. The number of carbonyl (C=O) groups excluding carboxylic acids is 1. The molecule has 0 fully saturated rings. The second kappa shape index (κ2) is 3.47. The Bertz CT molecular complexity index is 685. The summed E-state index contributed by atoms with van der Waals surface area (Å²) in [7, 11) is 0. The van der Waals surface area contributed by atoms with E-state index >= 15 is 0 Å². The first-order valence-corrected chi connectivity index (χ1v) is 5.39. The number of rotatable bonds is 1. The third-order valence-corrected chi connectivity index (χ3v) is 2.74. The van der Waals surface area contributed by atoms with E-state index in [0.717, 1.165) is 6.92 Å². The third-order valence-electron chi connectivity index (χ3n) is 2.74. The van der Waals surface area contributed by atoms with E-state index in [9.17, 15) is 15.0 Å². The first-order valence-electron chi connectivity index (χ1n) is 5.39. The predicted octanol–water partition coefficient (Wildman–Crippen LogP) is -1.22. The van der Waals surface area contributed by atoms with Crippen LogP contribution < -0.4 is 10.7 Å². The van der Waals surface area contributed by atoms with Crippen LogP contribution in [0.2, 0.25) is 0 Å². The van der Waals surface area contributed by atoms with Gasteiger partial charge in [0.25, 0.3) is 0 Å². The number of fused-ring (bicyclic) bond motifs is 2. The minimum Gasteiger partial charge on any atom is -0.421 e. The largest absolute Gasteiger partial charge is 0.421 e. The summed E-state index contributed by atoms with van der Waals surface area (Å²) >= 11 is 0. The van der Waals surface area contributed by atoms with Gasteiger partial charge in [-0.3, -0.25) is 4.99 Å². The number of aliphatic hydroxyl groups is 2. The van der Waals surface area contributed by atoms with Crippen molar-refractivity contribution < 1.29 is 19.7 Å². The van der Waals surface area contributed by atoms with Crippen LogP contribution >= 0.6 is 0 Å². The molecular weight excluding hydrogens is 236 g/mol. The lowest BCUT2D eigenvalue weighted by molar-refractivity contribution is -0.160.